The summed E-state index contributed by atoms with van der Waals surface area (Å²) in [5, 5.41) is 5.22. The average Bonchev–Trinajstić information content (AvgIpc) is 3.13. The molecule has 0 aliphatic rings. The van der Waals surface area contributed by atoms with Crippen LogP contribution in [-0.2, 0) is 25.1 Å². The van der Waals surface area contributed by atoms with Gasteiger partial charge in [-0.25, -0.2) is 9.97 Å². The Bertz CT molecular complexity index is 1540. The number of carbonyl (C=O) groups is 1. The summed E-state index contributed by atoms with van der Waals surface area (Å²) in [4.78, 5) is 36.3. The molecule has 36 heavy (non-hydrogen) atoms. The molecule has 15 heteroatoms. The van der Waals surface area contributed by atoms with Crippen molar-refractivity contribution in [3.8, 4) is 11.5 Å². The maximum absolute atomic E-state index is 13.2. The summed E-state index contributed by atoms with van der Waals surface area (Å²) < 4.78 is 47.7. The van der Waals surface area contributed by atoms with Crippen LogP contribution in [0.25, 0.3) is 11.2 Å². The Morgan fingerprint density at radius 3 is 2.67 bits per heavy atom. The molecule has 0 aliphatic heterocycles. The SMILES string of the molecule is Cn1cc(C(F)(F)F)cc(Nc2nc3ncc(Oc4ccnc(NC(=O)CCl)c4)c(Cl)c3n2C)c1=O. The Hall–Kier alpha value is -3.84. The summed E-state index contributed by atoms with van der Waals surface area (Å²) in [6.45, 7) is 0. The number of aromatic nitrogens is 5. The summed E-state index contributed by atoms with van der Waals surface area (Å²) in [5.41, 5.74) is -1.57. The van der Waals surface area contributed by atoms with Crippen LogP contribution in [-0.4, -0.2) is 35.9 Å². The van der Waals surface area contributed by atoms with Crippen LogP contribution in [0.15, 0.2) is 41.6 Å². The highest BCUT2D eigenvalue weighted by atomic mass is 35.5. The lowest BCUT2D eigenvalue weighted by Crippen LogP contribution is -2.23. The molecular formula is C21H16Cl2F3N7O3. The molecule has 0 radical (unpaired) electrons. The van der Waals surface area contributed by atoms with Crippen LogP contribution in [0.2, 0.25) is 5.02 Å². The van der Waals surface area contributed by atoms with E-state index in [-0.39, 0.29) is 45.5 Å². The van der Waals surface area contributed by atoms with Crippen molar-refractivity contribution in [1.29, 1.82) is 0 Å². The number of pyridine rings is 3. The van der Waals surface area contributed by atoms with Crippen LogP contribution in [0.3, 0.4) is 0 Å². The van der Waals surface area contributed by atoms with Crippen molar-refractivity contribution in [2.45, 2.75) is 6.18 Å². The molecule has 0 fully saturated rings. The number of alkyl halides is 4. The maximum Gasteiger partial charge on any atom is 0.417 e. The third-order valence-electron chi connectivity index (χ3n) is 4.91. The first-order valence-electron chi connectivity index (χ1n) is 10.0. The number of ether oxygens (including phenoxy) is 1. The van der Waals surface area contributed by atoms with Crippen LogP contribution in [0.1, 0.15) is 5.56 Å². The smallest absolute Gasteiger partial charge is 0.417 e. The molecule has 0 aromatic carbocycles. The first kappa shape index (κ1) is 25.3. The number of hydrogen-bond acceptors (Lipinski definition) is 7. The summed E-state index contributed by atoms with van der Waals surface area (Å²) in [6.07, 6.45) is -1.23. The topological polar surface area (TPSA) is 116 Å². The van der Waals surface area contributed by atoms with Crippen molar-refractivity contribution in [2.75, 3.05) is 16.5 Å². The fourth-order valence-electron chi connectivity index (χ4n) is 3.22. The summed E-state index contributed by atoms with van der Waals surface area (Å²) >= 11 is 12.0. The minimum atomic E-state index is -4.65. The van der Waals surface area contributed by atoms with Crippen molar-refractivity contribution in [1.82, 2.24) is 24.1 Å². The van der Waals surface area contributed by atoms with E-state index in [9.17, 15) is 22.8 Å². The van der Waals surface area contributed by atoms with Gasteiger partial charge in [-0.2, -0.15) is 18.2 Å². The first-order chi connectivity index (χ1) is 17.0. The highest BCUT2D eigenvalue weighted by Crippen LogP contribution is 2.36. The number of hydrogen-bond donors (Lipinski definition) is 2. The van der Waals surface area contributed by atoms with E-state index in [0.29, 0.717) is 17.8 Å². The van der Waals surface area contributed by atoms with Gasteiger partial charge in [-0.05, 0) is 12.1 Å². The van der Waals surface area contributed by atoms with Crippen LogP contribution in [0, 0.1) is 0 Å². The zero-order valence-electron chi connectivity index (χ0n) is 18.5. The van der Waals surface area contributed by atoms with Gasteiger partial charge in [0.25, 0.3) is 5.56 Å². The second-order valence-corrected chi connectivity index (χ2v) is 8.09. The van der Waals surface area contributed by atoms with E-state index in [0.717, 1.165) is 4.57 Å². The third-order valence-corrected chi connectivity index (χ3v) is 5.52. The fourth-order valence-corrected chi connectivity index (χ4v) is 3.58. The largest absolute Gasteiger partial charge is 0.454 e. The summed E-state index contributed by atoms with van der Waals surface area (Å²) in [5.74, 6) is -0.0443. The monoisotopic (exact) mass is 541 g/mol. The molecule has 0 unspecified atom stereocenters. The lowest BCUT2D eigenvalue weighted by Gasteiger charge is -2.12. The predicted octanol–water partition coefficient (Wildman–Crippen LogP) is 4.45. The van der Waals surface area contributed by atoms with E-state index in [1.54, 1.807) is 7.05 Å². The Morgan fingerprint density at radius 2 is 1.97 bits per heavy atom. The Morgan fingerprint density at radius 1 is 1.22 bits per heavy atom. The Labute approximate surface area is 210 Å². The van der Waals surface area contributed by atoms with E-state index < -0.39 is 23.2 Å². The van der Waals surface area contributed by atoms with Crippen molar-refractivity contribution in [2.24, 2.45) is 14.1 Å². The number of amides is 1. The van der Waals surface area contributed by atoms with Crippen molar-refractivity contribution in [3.63, 3.8) is 0 Å². The van der Waals surface area contributed by atoms with Crippen molar-refractivity contribution in [3.05, 3.63) is 57.7 Å². The molecule has 4 heterocycles. The predicted molar refractivity (Wildman–Crippen MR) is 127 cm³/mol. The van der Waals surface area contributed by atoms with Gasteiger partial charge in [-0.15, -0.1) is 11.6 Å². The molecule has 10 nitrogen and oxygen atoms in total. The molecule has 0 atom stereocenters. The second-order valence-electron chi connectivity index (χ2n) is 7.44. The van der Waals surface area contributed by atoms with Gasteiger partial charge in [-0.1, -0.05) is 11.6 Å². The molecule has 4 aromatic rings. The first-order valence-corrected chi connectivity index (χ1v) is 10.9. The van der Waals surface area contributed by atoms with Crippen LogP contribution in [0.5, 0.6) is 11.5 Å². The van der Waals surface area contributed by atoms with Gasteiger partial charge >= 0.3 is 6.18 Å². The molecule has 0 saturated carbocycles. The highest BCUT2D eigenvalue weighted by Gasteiger charge is 2.32. The standard InChI is InChI=1S/C21H16Cl2F3N7O3/c1-32-9-10(21(24,25)26)5-12(19(32)35)29-20-31-18-17(33(20)2)16(23)13(8-28-18)36-11-3-4-27-14(6-11)30-15(34)7-22/h3-6,8-9H,7H2,1-2H3,(H,27,30,34)(H,28,29,31). The fraction of sp³-hybridized carbons (Fsp3) is 0.190. The molecular weight excluding hydrogens is 526 g/mol. The number of fused-ring (bicyclic) bond motifs is 1. The number of rotatable bonds is 6. The molecule has 4 aromatic heterocycles. The normalized spacial score (nSPS) is 11.5. The maximum atomic E-state index is 13.2. The Kier molecular flexibility index (Phi) is 6.78. The summed E-state index contributed by atoms with van der Waals surface area (Å²) in [6, 6.07) is 3.68. The van der Waals surface area contributed by atoms with Gasteiger partial charge < -0.3 is 24.5 Å². The van der Waals surface area contributed by atoms with Crippen LogP contribution in [0.4, 0.5) is 30.6 Å². The quantitative estimate of drug-likeness (QED) is 0.346. The number of aryl methyl sites for hydroxylation is 2. The minimum Gasteiger partial charge on any atom is -0.454 e. The van der Waals surface area contributed by atoms with Gasteiger partial charge in [0, 0.05) is 32.6 Å². The number of halogens is 5. The van der Waals surface area contributed by atoms with E-state index >= 15 is 0 Å². The molecule has 0 spiro atoms. The highest BCUT2D eigenvalue weighted by molar-refractivity contribution is 6.36. The molecule has 0 bridgehead atoms. The van der Waals surface area contributed by atoms with Crippen molar-refractivity contribution >= 4 is 57.7 Å². The Balaban J connectivity index is 1.68. The number of nitrogens with zero attached hydrogens (tertiary/aromatic N) is 5. The zero-order chi connectivity index (χ0) is 26.2. The van der Waals surface area contributed by atoms with Crippen LogP contribution < -0.4 is 20.9 Å². The van der Waals surface area contributed by atoms with E-state index in [4.69, 9.17) is 27.9 Å². The van der Waals surface area contributed by atoms with Crippen molar-refractivity contribution < 1.29 is 22.7 Å². The molecule has 188 valence electrons. The number of carbonyl (C=O) groups excluding carboxylic acids is 1. The molecule has 2 N–H and O–H groups in total. The zero-order valence-corrected chi connectivity index (χ0v) is 20.0. The lowest BCUT2D eigenvalue weighted by molar-refractivity contribution is -0.138. The van der Waals surface area contributed by atoms with Gasteiger partial charge in [0.2, 0.25) is 11.9 Å². The molecule has 4 rings (SSSR count). The minimum absolute atomic E-state index is 0.0305. The van der Waals surface area contributed by atoms with E-state index in [1.807, 2.05) is 0 Å². The average molecular weight is 542 g/mol. The van der Waals surface area contributed by atoms with E-state index in [1.165, 1.54) is 36.1 Å². The molecule has 0 aliphatic carbocycles. The number of nitrogens with one attached hydrogen (secondary N) is 2. The second kappa shape index (κ2) is 9.66. The summed E-state index contributed by atoms with van der Waals surface area (Å²) in [7, 11) is 2.75. The van der Waals surface area contributed by atoms with Gasteiger partial charge in [0.15, 0.2) is 11.4 Å². The van der Waals surface area contributed by atoms with Crippen LogP contribution >= 0.6 is 23.2 Å². The molecule has 1 amide bonds. The van der Waals surface area contributed by atoms with Gasteiger partial charge in [-0.3, -0.25) is 9.59 Å². The number of anilines is 3. The van der Waals surface area contributed by atoms with Gasteiger partial charge in [0.1, 0.15) is 33.7 Å². The lowest BCUT2D eigenvalue weighted by atomic mass is 10.2. The molecule has 0 saturated heterocycles. The number of imidazole rings is 1. The third kappa shape index (κ3) is 5.06. The van der Waals surface area contributed by atoms with E-state index in [2.05, 4.69) is 25.6 Å². The van der Waals surface area contributed by atoms with Gasteiger partial charge in [0.05, 0.1) is 11.8 Å².